The second-order valence-corrected chi connectivity index (χ2v) is 8.10. The van der Waals surface area contributed by atoms with Crippen LogP contribution >= 0.6 is 11.3 Å². The summed E-state index contributed by atoms with van der Waals surface area (Å²) in [6, 6.07) is 12.2. The largest absolute Gasteiger partial charge is 0.324 e. The summed E-state index contributed by atoms with van der Waals surface area (Å²) in [5, 5.41) is 8.32. The molecule has 152 valence electrons. The summed E-state index contributed by atoms with van der Waals surface area (Å²) in [5.41, 5.74) is 2.86. The number of carbonyl (C=O) groups excluding carboxylic acids is 1. The average molecular weight is 422 g/mol. The number of para-hydroxylation sites is 1. The quantitative estimate of drug-likeness (QED) is 0.472. The third-order valence-corrected chi connectivity index (χ3v) is 6.35. The summed E-state index contributed by atoms with van der Waals surface area (Å²) in [7, 11) is 0. The fraction of sp³-hybridized carbons (Fsp3) is 0.227. The van der Waals surface area contributed by atoms with E-state index in [-0.39, 0.29) is 11.8 Å². The Morgan fingerprint density at radius 3 is 2.73 bits per heavy atom. The molecule has 1 aliphatic heterocycles. The van der Waals surface area contributed by atoms with Crippen LogP contribution in [-0.4, -0.2) is 38.8 Å². The molecule has 0 saturated carbocycles. The van der Waals surface area contributed by atoms with Gasteiger partial charge in [-0.3, -0.25) is 4.90 Å². The Hall–Kier alpha value is -3.26. The van der Waals surface area contributed by atoms with Gasteiger partial charge in [-0.15, -0.1) is 11.3 Å². The maximum absolute atomic E-state index is 14.3. The number of amides is 2. The molecule has 3 heterocycles. The average Bonchev–Trinajstić information content (AvgIpc) is 3.48. The van der Waals surface area contributed by atoms with Gasteiger partial charge in [0, 0.05) is 23.9 Å². The van der Waals surface area contributed by atoms with E-state index in [1.54, 1.807) is 45.3 Å². The van der Waals surface area contributed by atoms with Crippen LogP contribution < -0.4 is 4.90 Å². The zero-order chi connectivity index (χ0) is 20.7. The molecule has 4 aromatic rings. The molecule has 0 N–H and O–H groups in total. The number of halogens is 1. The topological polar surface area (TPSA) is 54.3 Å². The van der Waals surface area contributed by atoms with Crippen LogP contribution in [0.4, 0.5) is 14.9 Å². The van der Waals surface area contributed by atoms with Crippen molar-refractivity contribution in [1.82, 2.24) is 19.7 Å². The van der Waals surface area contributed by atoms with Crippen LogP contribution in [0.3, 0.4) is 0 Å². The number of hydrogen-bond donors (Lipinski definition) is 0. The van der Waals surface area contributed by atoms with Crippen LogP contribution in [0.25, 0.3) is 16.6 Å². The number of nitrogens with zero attached hydrogens (tertiary/aromatic N) is 5. The number of carbonyl (C=O) groups is 1. The van der Waals surface area contributed by atoms with Gasteiger partial charge in [0.15, 0.2) is 0 Å². The van der Waals surface area contributed by atoms with Crippen molar-refractivity contribution in [3.05, 3.63) is 70.6 Å². The molecule has 1 fully saturated rings. The van der Waals surface area contributed by atoms with E-state index in [1.807, 2.05) is 28.5 Å². The Kier molecular flexibility index (Phi) is 4.71. The van der Waals surface area contributed by atoms with Crippen LogP contribution in [0, 0.1) is 5.82 Å². The lowest BCUT2D eigenvalue weighted by Gasteiger charge is -2.19. The maximum atomic E-state index is 14.3. The van der Waals surface area contributed by atoms with Gasteiger partial charge >= 0.3 is 6.03 Å². The zero-order valence-electron chi connectivity index (χ0n) is 16.5. The van der Waals surface area contributed by atoms with E-state index in [0.29, 0.717) is 25.3 Å². The molecule has 0 unspecified atom stereocenters. The van der Waals surface area contributed by atoms with Gasteiger partial charge in [0.25, 0.3) is 0 Å². The molecule has 5 rings (SSSR count). The van der Waals surface area contributed by atoms with Gasteiger partial charge < -0.3 is 4.90 Å². The molecule has 2 aromatic heterocycles. The first kappa shape index (κ1) is 18.7. The van der Waals surface area contributed by atoms with E-state index in [0.717, 1.165) is 33.7 Å². The highest BCUT2D eigenvalue weighted by Crippen LogP contribution is 2.31. The number of aromatic nitrogens is 3. The third-order valence-electron chi connectivity index (χ3n) is 5.31. The van der Waals surface area contributed by atoms with Crippen LogP contribution in [-0.2, 0) is 13.0 Å². The lowest BCUT2D eigenvalue weighted by Crippen LogP contribution is -2.31. The Labute approximate surface area is 177 Å². The highest BCUT2D eigenvalue weighted by atomic mass is 32.1. The van der Waals surface area contributed by atoms with Gasteiger partial charge in [-0.1, -0.05) is 25.1 Å². The van der Waals surface area contributed by atoms with Crippen molar-refractivity contribution in [2.24, 2.45) is 0 Å². The van der Waals surface area contributed by atoms with Crippen molar-refractivity contribution >= 4 is 34.0 Å². The van der Waals surface area contributed by atoms with Gasteiger partial charge in [-0.05, 0) is 30.7 Å². The summed E-state index contributed by atoms with van der Waals surface area (Å²) in [5.74, 6) is -0.342. The van der Waals surface area contributed by atoms with Crippen LogP contribution in [0.15, 0.2) is 54.0 Å². The minimum atomic E-state index is -0.342. The molecule has 2 amide bonds. The van der Waals surface area contributed by atoms with Crippen molar-refractivity contribution in [2.75, 3.05) is 18.0 Å². The van der Waals surface area contributed by atoms with Gasteiger partial charge in [-0.2, -0.15) is 5.10 Å². The number of aryl methyl sites for hydroxylation is 1. The zero-order valence-corrected chi connectivity index (χ0v) is 17.3. The number of benzene rings is 2. The molecule has 0 spiro atoms. The van der Waals surface area contributed by atoms with Crippen LogP contribution in [0.5, 0.6) is 0 Å². The van der Waals surface area contributed by atoms with Gasteiger partial charge in [0.1, 0.15) is 11.5 Å². The van der Waals surface area contributed by atoms with E-state index in [2.05, 4.69) is 17.0 Å². The molecule has 0 aliphatic carbocycles. The minimum Gasteiger partial charge on any atom is -0.317 e. The number of hydrogen-bond acceptors (Lipinski definition) is 4. The highest BCUT2D eigenvalue weighted by molar-refractivity contribution is 7.09. The molecule has 0 atom stereocenters. The molecule has 2 aromatic carbocycles. The highest BCUT2D eigenvalue weighted by Gasteiger charge is 2.31. The number of anilines is 1. The molecule has 30 heavy (non-hydrogen) atoms. The van der Waals surface area contributed by atoms with Crippen molar-refractivity contribution in [3.63, 3.8) is 0 Å². The SMILES string of the molecule is CCc1nc(CN2CCN(c3cccc4c3cnn4-c3ccccc3F)C2=O)cs1. The molecular weight excluding hydrogens is 401 g/mol. The van der Waals surface area contributed by atoms with E-state index < -0.39 is 0 Å². The smallest absolute Gasteiger partial charge is 0.317 e. The van der Waals surface area contributed by atoms with Crippen LogP contribution in [0.2, 0.25) is 0 Å². The summed E-state index contributed by atoms with van der Waals surface area (Å²) in [6.07, 6.45) is 2.60. The lowest BCUT2D eigenvalue weighted by molar-refractivity contribution is 0.218. The molecular formula is C22H20FN5OS. The Bertz CT molecular complexity index is 1230. The first-order chi connectivity index (χ1) is 14.7. The second kappa shape index (κ2) is 7.53. The number of fused-ring (bicyclic) bond motifs is 1. The predicted molar refractivity (Wildman–Crippen MR) is 116 cm³/mol. The van der Waals surface area contributed by atoms with Crippen molar-refractivity contribution in [3.8, 4) is 5.69 Å². The maximum Gasteiger partial charge on any atom is 0.324 e. The van der Waals surface area contributed by atoms with Gasteiger partial charge in [-0.25, -0.2) is 18.9 Å². The van der Waals surface area contributed by atoms with Crippen molar-refractivity contribution in [2.45, 2.75) is 19.9 Å². The predicted octanol–water partition coefficient (Wildman–Crippen LogP) is 4.63. The Morgan fingerprint density at radius 2 is 1.93 bits per heavy atom. The molecule has 6 nitrogen and oxygen atoms in total. The fourth-order valence-electron chi connectivity index (χ4n) is 3.82. The Balaban J connectivity index is 1.45. The molecule has 0 bridgehead atoms. The first-order valence-corrected chi connectivity index (χ1v) is 10.7. The lowest BCUT2D eigenvalue weighted by atomic mass is 10.2. The molecule has 8 heteroatoms. The third kappa shape index (κ3) is 3.13. The summed E-state index contributed by atoms with van der Waals surface area (Å²) in [6.45, 7) is 3.81. The molecule has 0 radical (unpaired) electrons. The number of thiazole rings is 1. The van der Waals surface area contributed by atoms with E-state index in [1.165, 1.54) is 6.07 Å². The number of urea groups is 1. The fourth-order valence-corrected chi connectivity index (χ4v) is 4.55. The van der Waals surface area contributed by atoms with Gasteiger partial charge in [0.05, 0.1) is 34.6 Å². The molecule has 1 saturated heterocycles. The van der Waals surface area contributed by atoms with E-state index in [9.17, 15) is 9.18 Å². The van der Waals surface area contributed by atoms with Crippen LogP contribution in [0.1, 0.15) is 17.6 Å². The van der Waals surface area contributed by atoms with Crippen molar-refractivity contribution in [1.29, 1.82) is 0 Å². The Morgan fingerprint density at radius 1 is 1.10 bits per heavy atom. The van der Waals surface area contributed by atoms with Gasteiger partial charge in [0.2, 0.25) is 0 Å². The molecule has 1 aliphatic rings. The first-order valence-electron chi connectivity index (χ1n) is 9.87. The normalized spacial score (nSPS) is 14.3. The standard InChI is InChI=1S/C22H20FN5OS/c1-2-21-25-15(14-30-21)13-26-10-11-27(22(26)29)18-8-5-9-19-16(18)12-24-28(19)20-7-4-3-6-17(20)23/h3-9,12,14H,2,10-11,13H2,1H3. The summed E-state index contributed by atoms with van der Waals surface area (Å²) in [4.78, 5) is 21.3. The van der Waals surface area contributed by atoms with Crippen molar-refractivity contribution < 1.29 is 9.18 Å². The second-order valence-electron chi connectivity index (χ2n) is 7.16. The minimum absolute atomic E-state index is 0.0489. The monoisotopic (exact) mass is 421 g/mol. The number of rotatable bonds is 5. The summed E-state index contributed by atoms with van der Waals surface area (Å²) < 4.78 is 15.9. The summed E-state index contributed by atoms with van der Waals surface area (Å²) >= 11 is 1.63. The van der Waals surface area contributed by atoms with E-state index >= 15 is 0 Å². The van der Waals surface area contributed by atoms with E-state index in [4.69, 9.17) is 0 Å².